The van der Waals surface area contributed by atoms with Crippen LogP contribution in [0.1, 0.15) is 20.3 Å². The summed E-state index contributed by atoms with van der Waals surface area (Å²) >= 11 is 11.9. The molecule has 0 aliphatic carbocycles. The van der Waals surface area contributed by atoms with E-state index in [2.05, 4.69) is 5.32 Å². The highest BCUT2D eigenvalue weighted by Crippen LogP contribution is 2.25. The average molecular weight is 346 g/mol. The molecule has 0 bridgehead atoms. The largest absolute Gasteiger partial charge is 0.333 e. The third-order valence-corrected chi connectivity index (χ3v) is 3.68. The Bertz CT molecular complexity index is 538. The Balaban J connectivity index is 2.75. The maximum absolute atomic E-state index is 12.2. The lowest BCUT2D eigenvalue weighted by atomic mass is 10.1. The first-order valence-corrected chi connectivity index (χ1v) is 7.88. The smallest absolute Gasteiger partial charge is 0.244 e. The lowest BCUT2D eigenvalue weighted by molar-refractivity contribution is -0.137. The van der Waals surface area contributed by atoms with Gasteiger partial charge >= 0.3 is 0 Å². The van der Waals surface area contributed by atoms with Gasteiger partial charge in [0, 0.05) is 24.0 Å². The predicted octanol–water partition coefficient (Wildman–Crippen LogP) is 2.77. The number of nitrogens with one attached hydrogen (secondary N) is 1. The van der Waals surface area contributed by atoms with E-state index in [4.69, 9.17) is 28.9 Å². The first-order chi connectivity index (χ1) is 10.4. The van der Waals surface area contributed by atoms with Crippen molar-refractivity contribution in [1.82, 2.24) is 4.90 Å². The van der Waals surface area contributed by atoms with E-state index >= 15 is 0 Å². The molecule has 0 aliphatic rings. The van der Waals surface area contributed by atoms with Crippen LogP contribution < -0.4 is 11.1 Å². The highest BCUT2D eigenvalue weighted by molar-refractivity contribution is 6.35. The molecule has 1 aromatic carbocycles. The van der Waals surface area contributed by atoms with Gasteiger partial charge in [-0.3, -0.25) is 9.59 Å². The molecule has 122 valence electrons. The molecule has 0 radical (unpaired) electrons. The minimum Gasteiger partial charge on any atom is -0.333 e. The molecule has 1 atom stereocenters. The molecule has 1 rings (SSSR count). The number of nitrogens with zero attached hydrogens (tertiary/aromatic N) is 1. The number of rotatable bonds is 7. The van der Waals surface area contributed by atoms with E-state index in [9.17, 15) is 9.59 Å². The molecular weight excluding hydrogens is 325 g/mol. The van der Waals surface area contributed by atoms with E-state index in [0.717, 1.165) is 6.42 Å². The maximum atomic E-state index is 12.2. The Morgan fingerprint density at radius 2 is 2.05 bits per heavy atom. The minimum absolute atomic E-state index is 0.0418. The number of benzene rings is 1. The van der Waals surface area contributed by atoms with E-state index in [1.54, 1.807) is 25.1 Å². The van der Waals surface area contributed by atoms with Crippen molar-refractivity contribution >= 4 is 40.7 Å². The molecule has 1 aromatic rings. The van der Waals surface area contributed by atoms with Gasteiger partial charge in [0.05, 0.1) is 17.3 Å². The van der Waals surface area contributed by atoms with Gasteiger partial charge in [0.1, 0.15) is 0 Å². The van der Waals surface area contributed by atoms with Crippen LogP contribution in [0.25, 0.3) is 0 Å². The van der Waals surface area contributed by atoms with Crippen LogP contribution in [-0.4, -0.2) is 36.3 Å². The van der Waals surface area contributed by atoms with Crippen LogP contribution in [-0.2, 0) is 9.59 Å². The SMILES string of the molecule is CCCN(CC(=O)Nc1cc(Cl)ccc1Cl)C(=O)C(C)CN. The third kappa shape index (κ3) is 5.48. The number of anilines is 1. The standard InChI is InChI=1S/C15H21Cl2N3O2/c1-3-6-20(15(22)10(2)8-18)9-14(21)19-13-7-11(16)4-5-12(13)17/h4-5,7,10H,3,6,8-9,18H2,1-2H3,(H,19,21). The summed E-state index contributed by atoms with van der Waals surface area (Å²) in [5, 5.41) is 3.53. The summed E-state index contributed by atoms with van der Waals surface area (Å²) in [5.74, 6) is -0.763. The molecule has 0 heterocycles. The Kier molecular flexibility index (Phi) is 7.65. The molecule has 0 spiro atoms. The molecule has 22 heavy (non-hydrogen) atoms. The Morgan fingerprint density at radius 1 is 1.36 bits per heavy atom. The molecular formula is C15H21Cl2N3O2. The summed E-state index contributed by atoms with van der Waals surface area (Å²) in [4.78, 5) is 25.8. The Morgan fingerprint density at radius 3 is 2.64 bits per heavy atom. The van der Waals surface area contributed by atoms with Crippen molar-refractivity contribution in [2.45, 2.75) is 20.3 Å². The fourth-order valence-electron chi connectivity index (χ4n) is 1.91. The van der Waals surface area contributed by atoms with Crippen LogP contribution in [0.15, 0.2) is 18.2 Å². The summed E-state index contributed by atoms with van der Waals surface area (Å²) in [6.07, 6.45) is 0.758. The predicted molar refractivity (Wildman–Crippen MR) is 90.2 cm³/mol. The van der Waals surface area contributed by atoms with Gasteiger partial charge in [-0.2, -0.15) is 0 Å². The molecule has 2 amide bonds. The van der Waals surface area contributed by atoms with Gasteiger partial charge in [-0.25, -0.2) is 0 Å². The normalized spacial score (nSPS) is 11.9. The molecule has 0 fully saturated rings. The number of amides is 2. The molecule has 7 heteroatoms. The van der Waals surface area contributed by atoms with Crippen molar-refractivity contribution in [3.05, 3.63) is 28.2 Å². The van der Waals surface area contributed by atoms with Crippen molar-refractivity contribution < 1.29 is 9.59 Å². The van der Waals surface area contributed by atoms with Crippen LogP contribution in [0.4, 0.5) is 5.69 Å². The highest BCUT2D eigenvalue weighted by atomic mass is 35.5. The van der Waals surface area contributed by atoms with Gasteiger partial charge in [-0.15, -0.1) is 0 Å². The topological polar surface area (TPSA) is 75.4 Å². The summed E-state index contributed by atoms with van der Waals surface area (Å²) in [7, 11) is 0. The summed E-state index contributed by atoms with van der Waals surface area (Å²) in [6, 6.07) is 4.80. The zero-order valence-corrected chi connectivity index (χ0v) is 14.2. The molecule has 5 nitrogen and oxygen atoms in total. The number of nitrogens with two attached hydrogens (primary N) is 1. The lowest BCUT2D eigenvalue weighted by Gasteiger charge is -2.24. The van der Waals surface area contributed by atoms with E-state index in [1.807, 2.05) is 6.92 Å². The molecule has 0 saturated carbocycles. The monoisotopic (exact) mass is 345 g/mol. The van der Waals surface area contributed by atoms with Gasteiger partial charge < -0.3 is 16.0 Å². The number of hydrogen-bond donors (Lipinski definition) is 2. The van der Waals surface area contributed by atoms with Crippen molar-refractivity contribution in [2.24, 2.45) is 11.7 Å². The van der Waals surface area contributed by atoms with Crippen molar-refractivity contribution in [3.8, 4) is 0 Å². The number of halogens is 2. The van der Waals surface area contributed by atoms with Gasteiger partial charge in [-0.1, -0.05) is 37.0 Å². The number of carbonyl (C=O) groups is 2. The number of hydrogen-bond acceptors (Lipinski definition) is 3. The fraction of sp³-hybridized carbons (Fsp3) is 0.467. The quantitative estimate of drug-likeness (QED) is 0.797. The van der Waals surface area contributed by atoms with Crippen LogP contribution in [0.5, 0.6) is 0 Å². The van der Waals surface area contributed by atoms with E-state index < -0.39 is 0 Å². The zero-order chi connectivity index (χ0) is 16.7. The average Bonchev–Trinajstić information content (AvgIpc) is 2.49. The first kappa shape index (κ1) is 18.7. The number of carbonyl (C=O) groups excluding carboxylic acids is 2. The Labute approximate surface area is 140 Å². The molecule has 0 aromatic heterocycles. The van der Waals surface area contributed by atoms with E-state index in [0.29, 0.717) is 22.3 Å². The third-order valence-electron chi connectivity index (χ3n) is 3.12. The van der Waals surface area contributed by atoms with E-state index in [1.165, 1.54) is 4.90 Å². The van der Waals surface area contributed by atoms with Gasteiger partial charge in [0.15, 0.2) is 0 Å². The van der Waals surface area contributed by atoms with Gasteiger partial charge in [-0.05, 0) is 24.6 Å². The first-order valence-electron chi connectivity index (χ1n) is 7.12. The second-order valence-electron chi connectivity index (χ2n) is 5.07. The maximum Gasteiger partial charge on any atom is 0.244 e. The van der Waals surface area contributed by atoms with Crippen molar-refractivity contribution in [1.29, 1.82) is 0 Å². The van der Waals surface area contributed by atoms with Crippen LogP contribution in [0, 0.1) is 5.92 Å². The summed E-state index contributed by atoms with van der Waals surface area (Å²) in [5.41, 5.74) is 5.94. The van der Waals surface area contributed by atoms with E-state index in [-0.39, 0.29) is 30.8 Å². The second kappa shape index (κ2) is 8.98. The summed E-state index contributed by atoms with van der Waals surface area (Å²) < 4.78 is 0. The van der Waals surface area contributed by atoms with Gasteiger partial charge in [0.2, 0.25) is 11.8 Å². The van der Waals surface area contributed by atoms with Crippen LogP contribution in [0.2, 0.25) is 10.0 Å². The fourth-order valence-corrected chi connectivity index (χ4v) is 2.24. The minimum atomic E-state index is -0.324. The van der Waals surface area contributed by atoms with Gasteiger partial charge in [0.25, 0.3) is 0 Å². The summed E-state index contributed by atoms with van der Waals surface area (Å²) in [6.45, 7) is 4.40. The van der Waals surface area contributed by atoms with Crippen LogP contribution >= 0.6 is 23.2 Å². The molecule has 0 aliphatic heterocycles. The highest BCUT2D eigenvalue weighted by Gasteiger charge is 2.21. The molecule has 3 N–H and O–H groups in total. The zero-order valence-electron chi connectivity index (χ0n) is 12.7. The second-order valence-corrected chi connectivity index (χ2v) is 5.91. The molecule has 1 unspecified atom stereocenters. The van der Waals surface area contributed by atoms with Crippen molar-refractivity contribution in [2.75, 3.05) is 25.0 Å². The molecule has 0 saturated heterocycles. The van der Waals surface area contributed by atoms with Crippen molar-refractivity contribution in [3.63, 3.8) is 0 Å². The Hall–Kier alpha value is -1.30. The lowest BCUT2D eigenvalue weighted by Crippen LogP contribution is -2.42. The van der Waals surface area contributed by atoms with Crippen LogP contribution in [0.3, 0.4) is 0 Å².